The van der Waals surface area contributed by atoms with Crippen molar-refractivity contribution in [3.05, 3.63) is 0 Å². The Kier molecular flexibility index (Phi) is 3.65. The third-order valence-corrected chi connectivity index (χ3v) is 3.86. The summed E-state index contributed by atoms with van der Waals surface area (Å²) in [5.74, 6) is 0.622. The molecule has 1 aliphatic heterocycles. The number of hydrogen-bond donors (Lipinski definition) is 2. The maximum atomic E-state index is 10.2. The Bertz CT molecular complexity index is 202. The third-order valence-electron chi connectivity index (χ3n) is 3.86. The molecule has 0 aromatic rings. The summed E-state index contributed by atoms with van der Waals surface area (Å²) in [7, 11) is 0. The van der Waals surface area contributed by atoms with Crippen molar-refractivity contribution in [2.24, 2.45) is 5.92 Å². The Balaban J connectivity index is 1.76. The molecule has 1 aliphatic carbocycles. The van der Waals surface area contributed by atoms with Gasteiger partial charge in [0, 0.05) is 6.54 Å². The van der Waals surface area contributed by atoms with E-state index in [0.29, 0.717) is 18.6 Å². The number of rotatable bonds is 3. The molecule has 3 nitrogen and oxygen atoms in total. The molecule has 88 valence electrons. The van der Waals surface area contributed by atoms with Gasteiger partial charge in [-0.2, -0.15) is 0 Å². The summed E-state index contributed by atoms with van der Waals surface area (Å²) in [5.41, 5.74) is -0.517. The molecule has 2 atom stereocenters. The second-order valence-corrected chi connectivity index (χ2v) is 5.25. The molecule has 1 heterocycles. The highest BCUT2D eigenvalue weighted by molar-refractivity contribution is 4.85. The van der Waals surface area contributed by atoms with Crippen molar-refractivity contribution in [1.82, 2.24) is 5.32 Å². The smallest absolute Gasteiger partial charge is 0.0880 e. The molecule has 2 rings (SSSR count). The minimum absolute atomic E-state index is 0.295. The molecule has 0 aromatic carbocycles. The summed E-state index contributed by atoms with van der Waals surface area (Å²) in [6.07, 6.45) is 5.62. The summed E-state index contributed by atoms with van der Waals surface area (Å²) in [6.45, 7) is 4.82. The van der Waals surface area contributed by atoms with Crippen molar-refractivity contribution in [2.75, 3.05) is 19.7 Å². The second-order valence-electron chi connectivity index (χ2n) is 5.25. The molecule has 15 heavy (non-hydrogen) atoms. The fraction of sp³-hybridized carbons (Fsp3) is 1.00. The average molecular weight is 213 g/mol. The van der Waals surface area contributed by atoms with Gasteiger partial charge in [0.1, 0.15) is 0 Å². The summed E-state index contributed by atoms with van der Waals surface area (Å²) < 4.78 is 5.87. The summed E-state index contributed by atoms with van der Waals surface area (Å²) in [5, 5.41) is 13.5. The third kappa shape index (κ3) is 2.92. The molecule has 0 radical (unpaired) electrons. The van der Waals surface area contributed by atoms with Crippen LogP contribution in [0.1, 0.15) is 39.0 Å². The quantitative estimate of drug-likeness (QED) is 0.742. The molecule has 0 amide bonds. The van der Waals surface area contributed by atoms with E-state index in [0.717, 1.165) is 38.8 Å². The van der Waals surface area contributed by atoms with Crippen molar-refractivity contribution >= 4 is 0 Å². The first-order chi connectivity index (χ1) is 7.20. The van der Waals surface area contributed by atoms with E-state index in [1.54, 1.807) is 0 Å². The van der Waals surface area contributed by atoms with E-state index in [2.05, 4.69) is 12.2 Å². The number of nitrogens with one attached hydrogen (secondary N) is 1. The van der Waals surface area contributed by atoms with Gasteiger partial charge in [0.15, 0.2) is 0 Å². The Hall–Kier alpha value is -0.120. The molecule has 2 fully saturated rings. The van der Waals surface area contributed by atoms with Crippen LogP contribution >= 0.6 is 0 Å². The van der Waals surface area contributed by atoms with Crippen LogP contribution in [0.15, 0.2) is 0 Å². The SMILES string of the molecule is CC1CCNCC1OCC1(O)CCCC1. The molecule has 2 aliphatic rings. The highest BCUT2D eigenvalue weighted by Gasteiger charge is 2.33. The monoisotopic (exact) mass is 213 g/mol. The van der Waals surface area contributed by atoms with Crippen LogP contribution < -0.4 is 5.32 Å². The molecule has 2 unspecified atom stereocenters. The van der Waals surface area contributed by atoms with E-state index < -0.39 is 5.60 Å². The molecule has 1 saturated carbocycles. The van der Waals surface area contributed by atoms with Gasteiger partial charge < -0.3 is 15.2 Å². The van der Waals surface area contributed by atoms with Gasteiger partial charge in [0.05, 0.1) is 18.3 Å². The minimum atomic E-state index is -0.517. The van der Waals surface area contributed by atoms with Crippen molar-refractivity contribution in [1.29, 1.82) is 0 Å². The number of piperidine rings is 1. The fourth-order valence-corrected chi connectivity index (χ4v) is 2.62. The number of ether oxygens (including phenoxy) is 1. The van der Waals surface area contributed by atoms with E-state index in [9.17, 15) is 5.11 Å². The Morgan fingerprint density at radius 3 is 2.80 bits per heavy atom. The van der Waals surface area contributed by atoms with Gasteiger partial charge in [0.2, 0.25) is 0 Å². The molecular weight excluding hydrogens is 190 g/mol. The fourth-order valence-electron chi connectivity index (χ4n) is 2.62. The van der Waals surface area contributed by atoms with Crippen LogP contribution in [0.4, 0.5) is 0 Å². The molecular formula is C12H23NO2. The van der Waals surface area contributed by atoms with Gasteiger partial charge in [0.25, 0.3) is 0 Å². The van der Waals surface area contributed by atoms with Crippen LogP contribution in [-0.4, -0.2) is 36.5 Å². The van der Waals surface area contributed by atoms with Gasteiger partial charge >= 0.3 is 0 Å². The average Bonchev–Trinajstić information content (AvgIpc) is 2.65. The summed E-state index contributed by atoms with van der Waals surface area (Å²) in [6, 6.07) is 0. The number of hydrogen-bond acceptors (Lipinski definition) is 3. The predicted octanol–water partition coefficient (Wildman–Crippen LogP) is 1.31. The normalized spacial score (nSPS) is 35.6. The van der Waals surface area contributed by atoms with Crippen LogP contribution in [0.2, 0.25) is 0 Å². The highest BCUT2D eigenvalue weighted by atomic mass is 16.5. The molecule has 2 N–H and O–H groups in total. The van der Waals surface area contributed by atoms with Crippen molar-refractivity contribution in [3.63, 3.8) is 0 Å². The van der Waals surface area contributed by atoms with E-state index in [1.807, 2.05) is 0 Å². The predicted molar refractivity (Wildman–Crippen MR) is 59.8 cm³/mol. The van der Waals surface area contributed by atoms with Crippen LogP contribution in [0.5, 0.6) is 0 Å². The molecule has 0 bridgehead atoms. The van der Waals surface area contributed by atoms with Crippen molar-refractivity contribution in [3.8, 4) is 0 Å². The maximum absolute atomic E-state index is 10.2. The lowest BCUT2D eigenvalue weighted by Gasteiger charge is -2.32. The zero-order valence-corrected chi connectivity index (χ0v) is 9.67. The molecule has 3 heteroatoms. The number of aliphatic hydroxyl groups is 1. The van der Waals surface area contributed by atoms with Gasteiger partial charge in [-0.25, -0.2) is 0 Å². The summed E-state index contributed by atoms with van der Waals surface area (Å²) >= 11 is 0. The van der Waals surface area contributed by atoms with Gasteiger partial charge in [-0.3, -0.25) is 0 Å². The standard InChI is InChI=1S/C12H23NO2/c1-10-4-7-13-8-11(10)15-9-12(14)5-2-3-6-12/h10-11,13-14H,2-9H2,1H3. The zero-order chi connectivity index (χ0) is 10.7. The van der Waals surface area contributed by atoms with E-state index in [-0.39, 0.29) is 0 Å². The van der Waals surface area contributed by atoms with Crippen LogP contribution in [0.25, 0.3) is 0 Å². The second kappa shape index (κ2) is 4.81. The Morgan fingerprint density at radius 2 is 2.13 bits per heavy atom. The highest BCUT2D eigenvalue weighted by Crippen LogP contribution is 2.30. The Labute approximate surface area is 92.2 Å². The molecule has 0 aromatic heterocycles. The minimum Gasteiger partial charge on any atom is -0.387 e. The first-order valence-corrected chi connectivity index (χ1v) is 6.24. The van der Waals surface area contributed by atoms with Crippen LogP contribution in [0, 0.1) is 5.92 Å². The zero-order valence-electron chi connectivity index (χ0n) is 9.67. The lowest BCUT2D eigenvalue weighted by molar-refractivity contribution is -0.0865. The first kappa shape index (κ1) is 11.4. The van der Waals surface area contributed by atoms with E-state index in [4.69, 9.17) is 4.74 Å². The van der Waals surface area contributed by atoms with Gasteiger partial charge in [-0.05, 0) is 31.7 Å². The van der Waals surface area contributed by atoms with Crippen LogP contribution in [0.3, 0.4) is 0 Å². The lowest BCUT2D eigenvalue weighted by Crippen LogP contribution is -2.44. The Morgan fingerprint density at radius 1 is 1.40 bits per heavy atom. The topological polar surface area (TPSA) is 41.5 Å². The van der Waals surface area contributed by atoms with Gasteiger partial charge in [-0.1, -0.05) is 19.8 Å². The lowest BCUT2D eigenvalue weighted by atomic mass is 9.97. The molecule has 1 saturated heterocycles. The van der Waals surface area contributed by atoms with Crippen molar-refractivity contribution < 1.29 is 9.84 Å². The molecule has 0 spiro atoms. The van der Waals surface area contributed by atoms with E-state index >= 15 is 0 Å². The van der Waals surface area contributed by atoms with Gasteiger partial charge in [-0.15, -0.1) is 0 Å². The maximum Gasteiger partial charge on any atom is 0.0880 e. The first-order valence-electron chi connectivity index (χ1n) is 6.24. The van der Waals surface area contributed by atoms with Crippen molar-refractivity contribution in [2.45, 2.75) is 50.7 Å². The van der Waals surface area contributed by atoms with E-state index in [1.165, 1.54) is 6.42 Å². The van der Waals surface area contributed by atoms with Crippen LogP contribution in [-0.2, 0) is 4.74 Å². The summed E-state index contributed by atoms with van der Waals surface area (Å²) in [4.78, 5) is 0. The largest absolute Gasteiger partial charge is 0.387 e.